The van der Waals surface area contributed by atoms with Gasteiger partial charge in [0, 0.05) is 51.1 Å². The number of hydrogen-bond donors (Lipinski definition) is 1. The lowest BCUT2D eigenvalue weighted by molar-refractivity contribution is 0.143. The molecular weight excluding hydrogens is 368 g/mol. The Morgan fingerprint density at radius 3 is 2.28 bits per heavy atom. The zero-order valence-corrected chi connectivity index (χ0v) is 17.0. The Balaban J connectivity index is 1.47. The fourth-order valence-corrected chi connectivity index (χ4v) is 3.25. The molecule has 3 rings (SSSR count). The van der Waals surface area contributed by atoms with E-state index in [1.54, 1.807) is 38.2 Å². The molecule has 0 radical (unpaired) electrons. The molecule has 154 valence electrons. The van der Waals surface area contributed by atoms with Crippen molar-refractivity contribution in [3.8, 4) is 0 Å². The van der Waals surface area contributed by atoms with Crippen molar-refractivity contribution in [2.24, 2.45) is 0 Å². The maximum atomic E-state index is 12.6. The Labute approximate surface area is 171 Å². The number of benzene rings is 2. The van der Waals surface area contributed by atoms with Gasteiger partial charge in [0.1, 0.15) is 0 Å². The largest absolute Gasteiger partial charge is 0.449 e. The molecular formula is C22H28N4O3. The fraction of sp³-hybridized carbons (Fsp3) is 0.364. The van der Waals surface area contributed by atoms with Crippen LogP contribution in [0.3, 0.4) is 0 Å². The molecule has 0 aliphatic carbocycles. The summed E-state index contributed by atoms with van der Waals surface area (Å²) in [5.74, 6) is 0. The Morgan fingerprint density at radius 1 is 1.00 bits per heavy atom. The lowest BCUT2D eigenvalue weighted by atomic mass is 10.2. The summed E-state index contributed by atoms with van der Waals surface area (Å²) in [6, 6.07) is 17.4. The topological polar surface area (TPSA) is 65.1 Å². The van der Waals surface area contributed by atoms with E-state index in [1.165, 1.54) is 10.5 Å². The number of hydrogen-bond acceptors (Lipinski definition) is 4. The predicted molar refractivity (Wildman–Crippen MR) is 114 cm³/mol. The Bertz CT molecular complexity index is 803. The van der Waals surface area contributed by atoms with Crippen LogP contribution in [0.25, 0.3) is 0 Å². The van der Waals surface area contributed by atoms with E-state index in [1.807, 2.05) is 11.0 Å². The number of nitrogens with one attached hydrogen (secondary N) is 1. The quantitative estimate of drug-likeness (QED) is 0.838. The van der Waals surface area contributed by atoms with Gasteiger partial charge in [-0.1, -0.05) is 30.3 Å². The summed E-state index contributed by atoms with van der Waals surface area (Å²) in [6.45, 7) is 6.11. The van der Waals surface area contributed by atoms with E-state index in [-0.39, 0.29) is 6.03 Å². The molecule has 0 atom stereocenters. The van der Waals surface area contributed by atoms with Crippen LogP contribution in [0.2, 0.25) is 0 Å². The van der Waals surface area contributed by atoms with Crippen molar-refractivity contribution in [1.29, 1.82) is 0 Å². The number of piperazine rings is 1. The number of rotatable bonds is 5. The number of amides is 3. The first kappa shape index (κ1) is 20.7. The molecule has 0 unspecified atom stereocenters. The average Bonchev–Trinajstić information content (AvgIpc) is 2.75. The van der Waals surface area contributed by atoms with Crippen LogP contribution in [-0.4, -0.2) is 61.8 Å². The van der Waals surface area contributed by atoms with Crippen LogP contribution >= 0.6 is 0 Å². The van der Waals surface area contributed by atoms with Crippen LogP contribution in [0, 0.1) is 0 Å². The first-order valence-electron chi connectivity index (χ1n) is 9.89. The molecule has 1 fully saturated rings. The van der Waals surface area contributed by atoms with E-state index >= 15 is 0 Å². The minimum Gasteiger partial charge on any atom is -0.449 e. The molecule has 1 saturated heterocycles. The highest BCUT2D eigenvalue weighted by molar-refractivity contribution is 5.91. The van der Waals surface area contributed by atoms with Crippen molar-refractivity contribution < 1.29 is 14.3 Å². The van der Waals surface area contributed by atoms with Crippen LogP contribution in [0.4, 0.5) is 21.0 Å². The van der Waals surface area contributed by atoms with E-state index in [0.717, 1.165) is 19.6 Å². The summed E-state index contributed by atoms with van der Waals surface area (Å²) in [6.07, 6.45) is -0.405. The highest BCUT2D eigenvalue weighted by atomic mass is 16.6. The smallest absolute Gasteiger partial charge is 0.413 e. The van der Waals surface area contributed by atoms with E-state index < -0.39 is 6.09 Å². The normalized spacial score (nSPS) is 14.3. The van der Waals surface area contributed by atoms with Gasteiger partial charge < -0.3 is 15.0 Å². The Kier molecular flexibility index (Phi) is 7.08. The summed E-state index contributed by atoms with van der Waals surface area (Å²) >= 11 is 0. The third kappa shape index (κ3) is 5.71. The van der Waals surface area contributed by atoms with Gasteiger partial charge in [-0.3, -0.25) is 9.80 Å². The van der Waals surface area contributed by atoms with Crippen molar-refractivity contribution >= 4 is 23.5 Å². The molecule has 2 aromatic carbocycles. The number of carbonyl (C=O) groups is 2. The predicted octanol–water partition coefficient (Wildman–Crippen LogP) is 3.63. The maximum Gasteiger partial charge on any atom is 0.413 e. The van der Waals surface area contributed by atoms with Crippen LogP contribution in [0.5, 0.6) is 0 Å². The van der Waals surface area contributed by atoms with Crippen LogP contribution in [0.1, 0.15) is 12.5 Å². The second kappa shape index (κ2) is 9.93. The summed E-state index contributed by atoms with van der Waals surface area (Å²) in [5, 5.41) is 2.93. The molecule has 1 N–H and O–H groups in total. The van der Waals surface area contributed by atoms with Crippen LogP contribution in [-0.2, 0) is 11.3 Å². The van der Waals surface area contributed by atoms with Gasteiger partial charge in [-0.15, -0.1) is 0 Å². The first-order chi connectivity index (χ1) is 14.1. The molecule has 0 bridgehead atoms. The molecule has 0 spiro atoms. The monoisotopic (exact) mass is 396 g/mol. The van der Waals surface area contributed by atoms with Gasteiger partial charge in [0.25, 0.3) is 0 Å². The molecule has 0 saturated carbocycles. The van der Waals surface area contributed by atoms with E-state index in [4.69, 9.17) is 4.74 Å². The zero-order chi connectivity index (χ0) is 20.6. The standard InChI is InChI=1S/C22H28N4O3/c1-3-29-22(28)24(2)20-11-9-19(10-12-20)23-21(27)26-15-13-25(14-16-26)17-18-7-5-4-6-8-18/h4-12H,3,13-17H2,1-2H3,(H,23,27). The number of ether oxygens (including phenoxy) is 1. The summed E-state index contributed by atoms with van der Waals surface area (Å²) in [4.78, 5) is 30.0. The van der Waals surface area contributed by atoms with Crippen molar-refractivity contribution in [3.05, 3.63) is 60.2 Å². The number of nitrogens with zero attached hydrogens (tertiary/aromatic N) is 3. The third-order valence-electron chi connectivity index (χ3n) is 4.96. The molecule has 2 aromatic rings. The van der Waals surface area contributed by atoms with E-state index in [0.29, 0.717) is 31.1 Å². The van der Waals surface area contributed by atoms with Crippen molar-refractivity contribution in [3.63, 3.8) is 0 Å². The zero-order valence-electron chi connectivity index (χ0n) is 17.0. The van der Waals surface area contributed by atoms with Gasteiger partial charge >= 0.3 is 12.1 Å². The Morgan fingerprint density at radius 2 is 1.66 bits per heavy atom. The molecule has 7 nitrogen and oxygen atoms in total. The second-order valence-corrected chi connectivity index (χ2v) is 6.98. The van der Waals surface area contributed by atoms with Gasteiger partial charge in [-0.2, -0.15) is 0 Å². The molecule has 1 aliphatic rings. The number of anilines is 2. The van der Waals surface area contributed by atoms with Gasteiger partial charge in [0.15, 0.2) is 0 Å². The van der Waals surface area contributed by atoms with Crippen molar-refractivity contribution in [2.45, 2.75) is 13.5 Å². The Hall–Kier alpha value is -3.06. The lowest BCUT2D eigenvalue weighted by Crippen LogP contribution is -2.49. The lowest BCUT2D eigenvalue weighted by Gasteiger charge is -2.34. The minimum absolute atomic E-state index is 0.101. The van der Waals surface area contributed by atoms with Crippen LogP contribution in [0.15, 0.2) is 54.6 Å². The van der Waals surface area contributed by atoms with Gasteiger partial charge in [-0.25, -0.2) is 9.59 Å². The van der Waals surface area contributed by atoms with Crippen molar-refractivity contribution in [2.75, 3.05) is 50.1 Å². The van der Waals surface area contributed by atoms with Gasteiger partial charge in [0.2, 0.25) is 0 Å². The molecule has 3 amide bonds. The summed E-state index contributed by atoms with van der Waals surface area (Å²) < 4.78 is 4.98. The molecule has 0 aromatic heterocycles. The molecule has 7 heteroatoms. The van der Waals surface area contributed by atoms with Crippen LogP contribution < -0.4 is 10.2 Å². The molecule has 1 aliphatic heterocycles. The summed E-state index contributed by atoms with van der Waals surface area (Å²) in [5.41, 5.74) is 2.69. The van der Waals surface area contributed by atoms with Crippen molar-refractivity contribution in [1.82, 2.24) is 9.80 Å². The maximum absolute atomic E-state index is 12.6. The number of carbonyl (C=O) groups excluding carboxylic acids is 2. The van der Waals surface area contributed by atoms with Gasteiger partial charge in [-0.05, 0) is 36.8 Å². The highest BCUT2D eigenvalue weighted by Gasteiger charge is 2.21. The minimum atomic E-state index is -0.405. The fourth-order valence-electron chi connectivity index (χ4n) is 3.25. The molecule has 1 heterocycles. The highest BCUT2D eigenvalue weighted by Crippen LogP contribution is 2.18. The first-order valence-corrected chi connectivity index (χ1v) is 9.89. The average molecular weight is 396 g/mol. The number of urea groups is 1. The van der Waals surface area contributed by atoms with E-state index in [2.05, 4.69) is 34.5 Å². The summed E-state index contributed by atoms with van der Waals surface area (Å²) in [7, 11) is 1.65. The third-order valence-corrected chi connectivity index (χ3v) is 4.96. The second-order valence-electron chi connectivity index (χ2n) is 6.98. The molecule has 29 heavy (non-hydrogen) atoms. The van der Waals surface area contributed by atoms with E-state index in [9.17, 15) is 9.59 Å². The van der Waals surface area contributed by atoms with Gasteiger partial charge in [0.05, 0.1) is 6.61 Å². The SMILES string of the molecule is CCOC(=O)N(C)c1ccc(NC(=O)N2CCN(Cc3ccccc3)CC2)cc1.